The molecule has 0 aliphatic carbocycles. The van der Waals surface area contributed by atoms with Crippen LogP contribution < -0.4 is 10.1 Å². The molecule has 1 fully saturated rings. The molecule has 198 valence electrons. The predicted octanol–water partition coefficient (Wildman–Crippen LogP) is 4.94. The Hall–Kier alpha value is -2.79. The van der Waals surface area contributed by atoms with Crippen molar-refractivity contribution in [3.05, 3.63) is 40.9 Å². The lowest BCUT2D eigenvalue weighted by molar-refractivity contribution is -0.148. The molecule has 0 atom stereocenters. The van der Waals surface area contributed by atoms with Crippen LogP contribution in [0.1, 0.15) is 52.1 Å². The number of halogens is 4. The lowest BCUT2D eigenvalue weighted by Gasteiger charge is -2.43. The molecule has 0 spiro atoms. The zero-order valence-corrected chi connectivity index (χ0v) is 21.3. The largest absolute Gasteiger partial charge is 0.481 e. The maximum atomic E-state index is 14.7. The van der Waals surface area contributed by atoms with Crippen molar-refractivity contribution < 1.29 is 32.6 Å². The van der Waals surface area contributed by atoms with Gasteiger partial charge in [-0.2, -0.15) is 13.9 Å². The molecular formula is C24H30ClF3N4O4. The average Bonchev–Trinajstić information content (AvgIpc) is 3.17. The quantitative estimate of drug-likeness (QED) is 0.476. The normalized spacial score (nSPS) is 16.4. The highest BCUT2D eigenvalue weighted by Gasteiger charge is 2.47. The van der Waals surface area contributed by atoms with Gasteiger partial charge in [-0.1, -0.05) is 25.4 Å². The van der Waals surface area contributed by atoms with Gasteiger partial charge < -0.3 is 20.1 Å². The second-order valence-corrected chi connectivity index (χ2v) is 10.4. The van der Waals surface area contributed by atoms with Gasteiger partial charge in [0.25, 0.3) is 5.91 Å². The van der Waals surface area contributed by atoms with E-state index >= 15 is 0 Å². The number of anilines is 1. The van der Waals surface area contributed by atoms with Gasteiger partial charge in [0.05, 0.1) is 23.0 Å². The number of alkyl halides is 2. The Bertz CT molecular complexity index is 1110. The number of carboxylic acid groups (broad SMARTS) is 1. The fraction of sp³-hybridized carbons (Fsp3) is 0.542. The molecule has 1 aromatic heterocycles. The fourth-order valence-electron chi connectivity index (χ4n) is 4.47. The SMILES string of the molecule is CC(C)c1c(F)cnn1C1(C(=O)Nc2ccc(Cl)cc2OC(F)F)CCN(CC(C)(C)C(=O)O)CC1. The van der Waals surface area contributed by atoms with E-state index in [-0.39, 0.29) is 47.5 Å². The fourth-order valence-corrected chi connectivity index (χ4v) is 4.64. The van der Waals surface area contributed by atoms with Crippen LogP contribution in [-0.2, 0) is 15.1 Å². The minimum atomic E-state index is -3.14. The summed E-state index contributed by atoms with van der Waals surface area (Å²) >= 11 is 5.92. The number of carbonyl (C=O) groups is 2. The monoisotopic (exact) mass is 530 g/mol. The minimum Gasteiger partial charge on any atom is -0.481 e. The van der Waals surface area contributed by atoms with Crippen molar-refractivity contribution in [2.75, 3.05) is 25.0 Å². The molecule has 0 bridgehead atoms. The maximum Gasteiger partial charge on any atom is 0.387 e. The number of nitrogens with one attached hydrogen (secondary N) is 1. The Morgan fingerprint density at radius 3 is 2.47 bits per heavy atom. The molecular weight excluding hydrogens is 501 g/mol. The van der Waals surface area contributed by atoms with Crippen molar-refractivity contribution in [1.82, 2.24) is 14.7 Å². The molecule has 12 heteroatoms. The van der Waals surface area contributed by atoms with E-state index < -0.39 is 35.3 Å². The van der Waals surface area contributed by atoms with Crippen LogP contribution in [0.25, 0.3) is 0 Å². The highest BCUT2D eigenvalue weighted by Crippen LogP contribution is 2.38. The average molecular weight is 531 g/mol. The van der Waals surface area contributed by atoms with Crippen LogP contribution in [0, 0.1) is 11.2 Å². The first-order valence-corrected chi connectivity index (χ1v) is 11.9. The van der Waals surface area contributed by atoms with E-state index in [2.05, 4.69) is 15.2 Å². The standard InChI is InChI=1S/C24H30ClF3N4O4/c1-14(2)19-16(26)12-29-32(19)24(7-9-31(10-8-24)13-23(3,4)21(34)35)20(33)30-17-6-5-15(25)11-18(17)36-22(27)28/h5-6,11-12,14,22H,7-10,13H2,1-4H3,(H,30,33)(H,34,35). The van der Waals surface area contributed by atoms with Gasteiger partial charge in [-0.25, -0.2) is 4.39 Å². The molecule has 1 amide bonds. The predicted molar refractivity (Wildman–Crippen MR) is 128 cm³/mol. The molecule has 36 heavy (non-hydrogen) atoms. The zero-order chi connectivity index (χ0) is 26.8. The number of aromatic nitrogens is 2. The van der Waals surface area contributed by atoms with E-state index in [1.54, 1.807) is 27.7 Å². The molecule has 2 N–H and O–H groups in total. The van der Waals surface area contributed by atoms with E-state index in [4.69, 9.17) is 11.6 Å². The Kier molecular flexibility index (Phi) is 8.24. The van der Waals surface area contributed by atoms with E-state index in [9.17, 15) is 27.9 Å². The van der Waals surface area contributed by atoms with Gasteiger partial charge in [-0.3, -0.25) is 14.3 Å². The molecule has 1 saturated heterocycles. The number of benzene rings is 1. The Labute approximate surface area is 212 Å². The summed E-state index contributed by atoms with van der Waals surface area (Å²) in [6.07, 6.45) is 1.43. The van der Waals surface area contributed by atoms with Gasteiger partial charge in [0.1, 0.15) is 5.54 Å². The van der Waals surface area contributed by atoms with Crippen molar-refractivity contribution in [1.29, 1.82) is 0 Å². The van der Waals surface area contributed by atoms with Crippen molar-refractivity contribution >= 4 is 29.2 Å². The van der Waals surface area contributed by atoms with Gasteiger partial charge in [0.15, 0.2) is 11.6 Å². The number of nitrogens with zero attached hydrogens (tertiary/aromatic N) is 3. The number of likely N-dealkylation sites (tertiary alicyclic amines) is 1. The van der Waals surface area contributed by atoms with Gasteiger partial charge in [-0.05, 0) is 44.7 Å². The van der Waals surface area contributed by atoms with Gasteiger partial charge in [0, 0.05) is 30.7 Å². The molecule has 0 radical (unpaired) electrons. The summed E-state index contributed by atoms with van der Waals surface area (Å²) in [5.41, 5.74) is -2.13. The van der Waals surface area contributed by atoms with Crippen molar-refractivity contribution in [2.45, 2.75) is 58.6 Å². The Balaban J connectivity index is 1.98. The molecule has 3 rings (SSSR count). The van der Waals surface area contributed by atoms with Gasteiger partial charge in [0.2, 0.25) is 0 Å². The van der Waals surface area contributed by atoms with Crippen molar-refractivity contribution in [2.24, 2.45) is 5.41 Å². The van der Waals surface area contributed by atoms with Crippen LogP contribution in [0.3, 0.4) is 0 Å². The smallest absolute Gasteiger partial charge is 0.387 e. The lowest BCUT2D eigenvalue weighted by Crippen LogP contribution is -2.55. The number of aliphatic carboxylic acids is 1. The number of hydrogen-bond acceptors (Lipinski definition) is 5. The number of carboxylic acids is 1. The molecule has 1 aliphatic rings. The second kappa shape index (κ2) is 10.7. The molecule has 0 unspecified atom stereocenters. The summed E-state index contributed by atoms with van der Waals surface area (Å²) in [4.78, 5) is 27.3. The van der Waals surface area contributed by atoms with Crippen LogP contribution in [0.5, 0.6) is 5.75 Å². The molecule has 0 saturated carbocycles. The summed E-state index contributed by atoms with van der Waals surface area (Å²) < 4.78 is 46.5. The third-order valence-electron chi connectivity index (χ3n) is 6.42. The van der Waals surface area contributed by atoms with Crippen molar-refractivity contribution in [3.8, 4) is 5.75 Å². The first kappa shape index (κ1) is 27.8. The van der Waals surface area contributed by atoms with Crippen LogP contribution in [0.15, 0.2) is 24.4 Å². The van der Waals surface area contributed by atoms with Gasteiger partial charge in [-0.15, -0.1) is 0 Å². The van der Waals surface area contributed by atoms with Gasteiger partial charge >= 0.3 is 12.6 Å². The number of hydrogen-bond donors (Lipinski definition) is 2. The minimum absolute atomic E-state index is 0.0164. The molecule has 1 aliphatic heterocycles. The highest BCUT2D eigenvalue weighted by molar-refractivity contribution is 6.30. The zero-order valence-electron chi connectivity index (χ0n) is 20.5. The number of ether oxygens (including phenoxy) is 1. The van der Waals surface area contributed by atoms with E-state index in [0.717, 1.165) is 6.20 Å². The van der Waals surface area contributed by atoms with Crippen LogP contribution in [0.2, 0.25) is 5.02 Å². The Morgan fingerprint density at radius 1 is 1.28 bits per heavy atom. The van der Waals surface area contributed by atoms with E-state index in [1.807, 2.05) is 4.90 Å². The number of carbonyl (C=O) groups excluding carboxylic acids is 1. The summed E-state index contributed by atoms with van der Waals surface area (Å²) in [7, 11) is 0. The van der Waals surface area contributed by atoms with E-state index in [1.165, 1.54) is 22.9 Å². The number of amides is 1. The molecule has 1 aromatic carbocycles. The number of rotatable bonds is 9. The summed E-state index contributed by atoms with van der Waals surface area (Å²) in [6, 6.07) is 3.94. The third kappa shape index (κ3) is 5.78. The third-order valence-corrected chi connectivity index (χ3v) is 6.66. The van der Waals surface area contributed by atoms with Crippen LogP contribution >= 0.6 is 11.6 Å². The second-order valence-electron chi connectivity index (χ2n) is 9.91. The maximum absolute atomic E-state index is 14.7. The lowest BCUT2D eigenvalue weighted by atomic mass is 9.84. The van der Waals surface area contributed by atoms with E-state index in [0.29, 0.717) is 13.1 Å². The number of piperidine rings is 1. The summed E-state index contributed by atoms with van der Waals surface area (Å²) in [5.74, 6) is -2.68. The first-order valence-electron chi connectivity index (χ1n) is 11.5. The molecule has 2 aromatic rings. The summed E-state index contributed by atoms with van der Waals surface area (Å²) in [5, 5.41) is 16.5. The highest BCUT2D eigenvalue weighted by atomic mass is 35.5. The summed E-state index contributed by atoms with van der Waals surface area (Å²) in [6.45, 7) is 4.59. The van der Waals surface area contributed by atoms with Crippen LogP contribution in [0.4, 0.5) is 18.9 Å². The Morgan fingerprint density at radius 2 is 1.92 bits per heavy atom. The topological polar surface area (TPSA) is 96.7 Å². The van der Waals surface area contributed by atoms with Crippen molar-refractivity contribution in [3.63, 3.8) is 0 Å². The molecule has 8 nitrogen and oxygen atoms in total. The van der Waals surface area contributed by atoms with Crippen LogP contribution in [-0.4, -0.2) is 57.9 Å². The molecule has 2 heterocycles. The first-order chi connectivity index (χ1) is 16.8.